The highest BCUT2D eigenvalue weighted by atomic mass is 35.5. The third-order valence-corrected chi connectivity index (χ3v) is 6.00. The van der Waals surface area contributed by atoms with Crippen LogP contribution in [0.15, 0.2) is 48.5 Å². The van der Waals surface area contributed by atoms with E-state index >= 15 is 0 Å². The zero-order chi connectivity index (χ0) is 23.8. The van der Waals surface area contributed by atoms with Crippen molar-refractivity contribution in [2.75, 3.05) is 5.01 Å². The molecule has 1 aliphatic heterocycles. The van der Waals surface area contributed by atoms with Gasteiger partial charge in [0.15, 0.2) is 6.04 Å². The van der Waals surface area contributed by atoms with Gasteiger partial charge in [-0.15, -0.1) is 0 Å². The van der Waals surface area contributed by atoms with Gasteiger partial charge in [0.1, 0.15) is 16.4 Å². The van der Waals surface area contributed by atoms with Crippen molar-refractivity contribution < 1.29 is 27.6 Å². The molecule has 1 saturated carbocycles. The number of hydrazine groups is 1. The molecule has 0 bridgehead atoms. The Bertz CT molecular complexity index is 1090. The number of anilines is 1. The van der Waals surface area contributed by atoms with E-state index in [1.165, 1.54) is 30.3 Å². The van der Waals surface area contributed by atoms with E-state index in [1.54, 1.807) is 12.1 Å². The molecule has 11 heteroatoms. The molecule has 1 unspecified atom stereocenters. The second kappa shape index (κ2) is 9.01. The van der Waals surface area contributed by atoms with Crippen molar-refractivity contribution >= 4 is 29.1 Å². The number of halogens is 4. The molecule has 174 valence electrons. The number of carbonyl (C=O) groups is 2. The summed E-state index contributed by atoms with van der Waals surface area (Å²) in [6.07, 6.45) is -1.77. The summed E-state index contributed by atoms with van der Waals surface area (Å²) < 4.78 is 40.8. The largest absolute Gasteiger partial charge is 0.351 e. The van der Waals surface area contributed by atoms with Gasteiger partial charge in [-0.2, -0.15) is 0 Å². The summed E-state index contributed by atoms with van der Waals surface area (Å²) in [5.74, 6) is -4.61. The van der Waals surface area contributed by atoms with E-state index in [4.69, 9.17) is 11.6 Å². The smallest absolute Gasteiger partial charge is 0.309 e. The van der Waals surface area contributed by atoms with Crippen molar-refractivity contribution in [1.82, 2.24) is 10.6 Å². The molecule has 1 aliphatic carbocycles. The predicted octanol–water partition coefficient (Wildman–Crippen LogP) is 3.87. The lowest BCUT2D eigenvalue weighted by molar-refractivity contribution is -0.604. The summed E-state index contributed by atoms with van der Waals surface area (Å²) in [4.78, 5) is 39.0. The average molecular weight is 482 g/mol. The molecule has 1 heterocycles. The molecule has 2 fully saturated rings. The Hall–Kier alpha value is -3.14. The van der Waals surface area contributed by atoms with Crippen molar-refractivity contribution in [3.05, 3.63) is 69.8 Å². The van der Waals surface area contributed by atoms with Crippen LogP contribution in [0.5, 0.6) is 0 Å². The van der Waals surface area contributed by atoms with Gasteiger partial charge in [-0.3, -0.25) is 14.9 Å². The lowest BCUT2D eigenvalue weighted by Crippen LogP contribution is -2.56. The highest BCUT2D eigenvalue weighted by molar-refractivity contribution is 6.31. The summed E-state index contributed by atoms with van der Waals surface area (Å²) in [7, 11) is 0. The monoisotopic (exact) mass is 481 g/mol. The van der Waals surface area contributed by atoms with Crippen molar-refractivity contribution in [2.24, 2.45) is 0 Å². The second-order valence-electron chi connectivity index (χ2n) is 8.14. The fraction of sp³-hybridized carbons (Fsp3) is 0.364. The van der Waals surface area contributed by atoms with Crippen LogP contribution in [0.4, 0.5) is 18.9 Å². The van der Waals surface area contributed by atoms with E-state index in [-0.39, 0.29) is 35.0 Å². The summed E-state index contributed by atoms with van der Waals surface area (Å²) >= 11 is 6.35. The number of benzene rings is 2. The molecule has 2 aromatic rings. The molecular formula is C22H21ClF3N4O3+. The van der Waals surface area contributed by atoms with E-state index in [0.717, 1.165) is 11.1 Å². The van der Waals surface area contributed by atoms with E-state index in [9.17, 15) is 27.7 Å². The number of rotatable bonds is 7. The Morgan fingerprint density at radius 2 is 1.94 bits per heavy atom. The third-order valence-electron chi connectivity index (χ3n) is 5.65. The van der Waals surface area contributed by atoms with Gasteiger partial charge >= 0.3 is 6.17 Å². The topological polar surface area (TPSA) is 81.5 Å². The van der Waals surface area contributed by atoms with E-state index < -0.39 is 48.7 Å². The first-order valence-electron chi connectivity index (χ1n) is 10.4. The molecule has 0 spiro atoms. The number of hydrogen-bond donors (Lipinski definition) is 2. The lowest BCUT2D eigenvalue weighted by atomic mass is 9.88. The summed E-state index contributed by atoms with van der Waals surface area (Å²) in [5, 5.41) is 6.23. The maximum Gasteiger partial charge on any atom is 0.309 e. The van der Waals surface area contributed by atoms with E-state index in [2.05, 4.69) is 10.6 Å². The molecule has 0 aromatic heterocycles. The molecule has 7 nitrogen and oxygen atoms in total. The van der Waals surface area contributed by atoms with Gasteiger partial charge in [-0.25, -0.2) is 13.2 Å². The normalized spacial score (nSPS) is 20.5. The summed E-state index contributed by atoms with van der Waals surface area (Å²) in [6, 6.07) is 9.13. The van der Waals surface area contributed by atoms with Crippen LogP contribution in [0.2, 0.25) is 5.02 Å². The van der Waals surface area contributed by atoms with Crippen LogP contribution >= 0.6 is 11.6 Å². The minimum atomic E-state index is -2.86. The predicted molar refractivity (Wildman–Crippen MR) is 114 cm³/mol. The number of carbonyl (C=O) groups excluding carboxylic acids is 2. The maximum absolute atomic E-state index is 14.1. The van der Waals surface area contributed by atoms with E-state index in [1.807, 2.05) is 0 Å². The van der Waals surface area contributed by atoms with Gasteiger partial charge in [0.2, 0.25) is 5.91 Å². The van der Waals surface area contributed by atoms with Crippen LogP contribution < -0.4 is 15.6 Å². The second-order valence-corrected chi connectivity index (χ2v) is 8.55. The fourth-order valence-corrected chi connectivity index (χ4v) is 4.27. The minimum Gasteiger partial charge on any atom is -0.351 e. The number of nitrogens with zero attached hydrogens (tertiary/aromatic N) is 2. The fourth-order valence-electron chi connectivity index (χ4n) is 4.03. The minimum absolute atomic E-state index is 0.0326. The average Bonchev–Trinajstić information content (AvgIpc) is 3.17. The molecule has 0 radical (unpaired) electrons. The van der Waals surface area contributed by atoms with Gasteiger partial charge in [-0.05, 0) is 18.2 Å². The Kier molecular flexibility index (Phi) is 6.29. The van der Waals surface area contributed by atoms with Gasteiger partial charge in [-0.1, -0.05) is 40.9 Å². The summed E-state index contributed by atoms with van der Waals surface area (Å²) in [5.41, 5.74) is 0.252. The van der Waals surface area contributed by atoms with Crippen molar-refractivity contribution in [3.63, 3.8) is 0 Å². The third kappa shape index (κ3) is 4.95. The van der Waals surface area contributed by atoms with E-state index in [0.29, 0.717) is 4.87 Å². The van der Waals surface area contributed by atoms with Crippen LogP contribution in [-0.2, 0) is 9.59 Å². The van der Waals surface area contributed by atoms with Gasteiger partial charge < -0.3 is 5.32 Å². The highest BCUT2D eigenvalue weighted by Gasteiger charge is 2.49. The quantitative estimate of drug-likeness (QED) is 0.464. The van der Waals surface area contributed by atoms with Crippen LogP contribution in [0.1, 0.15) is 37.3 Å². The summed E-state index contributed by atoms with van der Waals surface area (Å²) in [6.45, 7) is 0. The molecule has 2 N–H and O–H groups in total. The maximum atomic E-state index is 14.1. The zero-order valence-electron chi connectivity index (χ0n) is 17.3. The van der Waals surface area contributed by atoms with Gasteiger partial charge in [0, 0.05) is 48.4 Å². The first-order valence-corrected chi connectivity index (χ1v) is 10.8. The SMILES string of the molecule is O=C1CC[C@@H]([N+](=O)N(c2cccc(F)c2)C(C(=O)NC2CC(F)(F)C2)c2ccccc2Cl)N1. The number of nitroso groups, excluding NO2 is 1. The van der Waals surface area contributed by atoms with Gasteiger partial charge in [0.25, 0.3) is 11.8 Å². The molecule has 1 saturated heterocycles. The number of nitrogens with one attached hydrogen (secondary N) is 2. The zero-order valence-corrected chi connectivity index (χ0v) is 18.1. The Morgan fingerprint density at radius 3 is 2.55 bits per heavy atom. The van der Waals surface area contributed by atoms with Crippen molar-refractivity contribution in [2.45, 2.75) is 49.9 Å². The van der Waals surface area contributed by atoms with Crippen LogP contribution in [0.3, 0.4) is 0 Å². The Morgan fingerprint density at radius 1 is 1.21 bits per heavy atom. The Labute approximate surface area is 192 Å². The molecule has 33 heavy (non-hydrogen) atoms. The lowest BCUT2D eigenvalue weighted by Gasteiger charge is -2.36. The number of amides is 2. The molecule has 2 aromatic carbocycles. The number of hydrogen-bond acceptors (Lipinski definition) is 3. The van der Waals surface area contributed by atoms with Gasteiger partial charge in [0.05, 0.1) is 4.91 Å². The molecule has 4 rings (SSSR count). The Balaban J connectivity index is 1.77. The first kappa shape index (κ1) is 23.0. The molecule has 2 aliphatic rings. The van der Waals surface area contributed by atoms with Crippen molar-refractivity contribution in [3.8, 4) is 0 Å². The first-order chi connectivity index (χ1) is 15.6. The van der Waals surface area contributed by atoms with Crippen molar-refractivity contribution in [1.29, 1.82) is 0 Å². The molecular weight excluding hydrogens is 461 g/mol. The number of alkyl halides is 2. The molecule has 2 atom stereocenters. The van der Waals surface area contributed by atoms with Crippen LogP contribution in [0.25, 0.3) is 0 Å². The standard InChI is InChI=1S/C22H20ClF3N4O3/c23-17-7-2-1-6-16(17)20(21(32)27-14-11-22(25,26)12-14)29(15-5-3-4-13(24)10-15)30(33)18-8-9-19(31)28-18/h1-7,10,14,18,20H,8-9,11-12H2,(H-,27,28,31,32)/p+1/t18-,20?/m1/s1. The highest BCUT2D eigenvalue weighted by Crippen LogP contribution is 2.39. The molecule has 2 amide bonds. The van der Waals surface area contributed by atoms with Crippen LogP contribution in [-0.4, -0.2) is 34.8 Å². The van der Waals surface area contributed by atoms with Crippen LogP contribution in [0, 0.1) is 10.7 Å².